The number of aromatic hydroxyl groups is 1. The topological polar surface area (TPSA) is 135 Å². The van der Waals surface area contributed by atoms with Gasteiger partial charge in [-0.25, -0.2) is 18.5 Å². The zero-order valence-electron chi connectivity index (χ0n) is 15.0. The Bertz CT molecular complexity index is 1330. The van der Waals surface area contributed by atoms with Gasteiger partial charge in [0.2, 0.25) is 15.9 Å². The molecule has 3 aromatic rings. The Labute approximate surface area is 170 Å². The standard InChI is InChI=1S/C19H16N4O4S2/c20-29(26,27)12-7-5-11(6-8-12)9-10-21-19-23-18(25)16(28-19)15-13-3-1-2-4-14(13)22-17(15)24/h1-8,25H,9-10H2,(H,21,23)(H2,20,26,27). The molecule has 0 saturated heterocycles. The predicted molar refractivity (Wildman–Crippen MR) is 109 cm³/mol. The van der Waals surface area contributed by atoms with Gasteiger partial charge in [-0.3, -0.25) is 4.79 Å². The van der Waals surface area contributed by atoms with Crippen molar-refractivity contribution in [2.24, 2.45) is 10.1 Å². The molecule has 0 spiro atoms. The summed E-state index contributed by atoms with van der Waals surface area (Å²) in [7, 11) is -3.71. The summed E-state index contributed by atoms with van der Waals surface area (Å²) in [5.41, 5.74) is 1.27. The van der Waals surface area contributed by atoms with Crippen molar-refractivity contribution in [1.29, 1.82) is 0 Å². The van der Waals surface area contributed by atoms with Crippen LogP contribution in [0.4, 0.5) is 5.13 Å². The average Bonchev–Trinajstić information content (AvgIpc) is 3.19. The van der Waals surface area contributed by atoms with Gasteiger partial charge in [-0.1, -0.05) is 41.7 Å². The van der Waals surface area contributed by atoms with Crippen molar-refractivity contribution >= 4 is 38.0 Å². The fourth-order valence-electron chi connectivity index (χ4n) is 2.99. The molecule has 0 aliphatic carbocycles. The van der Waals surface area contributed by atoms with Crippen LogP contribution in [-0.2, 0) is 21.2 Å². The zero-order valence-corrected chi connectivity index (χ0v) is 16.6. The summed E-state index contributed by atoms with van der Waals surface area (Å²) in [5.74, 6) is -0.614. The third kappa shape index (κ3) is 3.90. The predicted octanol–water partition coefficient (Wildman–Crippen LogP) is 0.509. The van der Waals surface area contributed by atoms with Crippen molar-refractivity contribution in [2.45, 2.75) is 11.3 Å². The fourth-order valence-corrected chi connectivity index (χ4v) is 4.44. The van der Waals surface area contributed by atoms with Crippen LogP contribution in [0.2, 0.25) is 0 Å². The lowest BCUT2D eigenvalue weighted by molar-refractivity contribution is -0.112. The van der Waals surface area contributed by atoms with Crippen molar-refractivity contribution in [2.75, 3.05) is 11.9 Å². The molecule has 0 fully saturated rings. The first-order chi connectivity index (χ1) is 13.8. The quantitative estimate of drug-likeness (QED) is 0.524. The Kier molecular flexibility index (Phi) is 4.91. The second-order valence-corrected chi connectivity index (χ2v) is 8.91. The van der Waals surface area contributed by atoms with E-state index in [9.17, 15) is 18.3 Å². The number of para-hydroxylation sites is 1. The summed E-state index contributed by atoms with van der Waals surface area (Å²) in [4.78, 5) is 20.8. The number of primary sulfonamides is 1. The molecule has 8 nitrogen and oxygen atoms in total. The Balaban J connectivity index is 1.49. The smallest absolute Gasteiger partial charge is 0.279 e. The number of fused-ring (bicyclic) bond motifs is 1. The molecule has 148 valence electrons. The molecule has 0 bridgehead atoms. The number of thiazole rings is 1. The summed E-state index contributed by atoms with van der Waals surface area (Å²) < 4.78 is 22.6. The minimum absolute atomic E-state index is 0.0626. The number of amides is 1. The highest BCUT2D eigenvalue weighted by Gasteiger charge is 2.24. The number of hydrogen-bond donors (Lipinski definition) is 3. The molecule has 0 saturated carbocycles. The number of nitrogens with zero attached hydrogens (tertiary/aromatic N) is 2. The molecule has 1 amide bonds. The molecule has 1 aliphatic rings. The number of sulfonamides is 1. The Morgan fingerprint density at radius 1 is 1.10 bits per heavy atom. The van der Waals surface area contributed by atoms with E-state index in [0.29, 0.717) is 39.1 Å². The molecule has 1 aliphatic heterocycles. The first-order valence-electron chi connectivity index (χ1n) is 8.61. The van der Waals surface area contributed by atoms with Gasteiger partial charge >= 0.3 is 0 Å². The number of nitrogens with one attached hydrogen (secondary N) is 1. The summed E-state index contributed by atoms with van der Waals surface area (Å²) in [6, 6.07) is 13.5. The minimum atomic E-state index is -3.71. The highest BCUT2D eigenvalue weighted by atomic mass is 32.2. The maximum atomic E-state index is 12.3. The van der Waals surface area contributed by atoms with E-state index >= 15 is 0 Å². The molecule has 2 heterocycles. The van der Waals surface area contributed by atoms with E-state index in [1.165, 1.54) is 23.5 Å². The molecule has 0 radical (unpaired) electrons. The van der Waals surface area contributed by atoms with E-state index in [-0.39, 0.29) is 10.8 Å². The number of carbonyl (C=O) groups excluding carboxylic acids is 1. The van der Waals surface area contributed by atoms with Crippen molar-refractivity contribution in [3.05, 3.63) is 69.5 Å². The van der Waals surface area contributed by atoms with Crippen LogP contribution in [0, 0.1) is 0 Å². The van der Waals surface area contributed by atoms with Gasteiger partial charge in [0, 0.05) is 11.8 Å². The molecule has 4 N–H and O–H groups in total. The van der Waals surface area contributed by atoms with Gasteiger partial charge in [0.25, 0.3) is 5.91 Å². The number of nitrogens with two attached hydrogens (primary N) is 1. The maximum absolute atomic E-state index is 12.3. The molecule has 2 aromatic carbocycles. The Morgan fingerprint density at radius 3 is 2.55 bits per heavy atom. The van der Waals surface area contributed by atoms with E-state index in [1.807, 2.05) is 6.07 Å². The molecule has 29 heavy (non-hydrogen) atoms. The fraction of sp³-hybridized carbons (Fsp3) is 0.105. The van der Waals surface area contributed by atoms with Crippen LogP contribution < -0.4 is 21.0 Å². The highest BCUT2D eigenvalue weighted by molar-refractivity contribution is 7.89. The third-order valence-electron chi connectivity index (χ3n) is 4.39. The van der Waals surface area contributed by atoms with Crippen LogP contribution in [0.25, 0.3) is 5.57 Å². The lowest BCUT2D eigenvalue weighted by atomic mass is 10.1. The number of rotatable bonds is 6. The van der Waals surface area contributed by atoms with Gasteiger partial charge in [0.1, 0.15) is 4.88 Å². The molecular formula is C19H16N4O4S2. The third-order valence-corrected chi connectivity index (χ3v) is 6.34. The normalized spacial score (nSPS) is 13.3. The van der Waals surface area contributed by atoms with Gasteiger partial charge in [-0.2, -0.15) is 4.98 Å². The van der Waals surface area contributed by atoms with Gasteiger partial charge in [0.05, 0.1) is 15.8 Å². The second-order valence-electron chi connectivity index (χ2n) is 6.35. The van der Waals surface area contributed by atoms with Crippen LogP contribution in [0.1, 0.15) is 10.4 Å². The van der Waals surface area contributed by atoms with Crippen LogP contribution in [-0.4, -0.2) is 31.0 Å². The lowest BCUT2D eigenvalue weighted by Crippen LogP contribution is -2.22. The summed E-state index contributed by atoms with van der Waals surface area (Å²) in [6.07, 6.45) is 0.605. The van der Waals surface area contributed by atoms with Gasteiger partial charge < -0.3 is 10.4 Å². The van der Waals surface area contributed by atoms with Crippen LogP contribution in [0.3, 0.4) is 0 Å². The molecule has 0 atom stereocenters. The molecule has 4 rings (SSSR count). The number of aromatic nitrogens is 1. The first-order valence-corrected chi connectivity index (χ1v) is 11.0. The van der Waals surface area contributed by atoms with Gasteiger partial charge in [0.15, 0.2) is 5.13 Å². The lowest BCUT2D eigenvalue weighted by Gasteiger charge is -2.04. The van der Waals surface area contributed by atoms with Gasteiger partial charge in [-0.15, -0.1) is 0 Å². The van der Waals surface area contributed by atoms with Crippen molar-refractivity contribution in [3.63, 3.8) is 0 Å². The zero-order chi connectivity index (χ0) is 20.6. The minimum Gasteiger partial charge on any atom is -0.492 e. The van der Waals surface area contributed by atoms with Crippen molar-refractivity contribution < 1.29 is 18.3 Å². The summed E-state index contributed by atoms with van der Waals surface area (Å²) in [5, 5.41) is 20.2. The van der Waals surface area contributed by atoms with Gasteiger partial charge in [-0.05, 0) is 30.2 Å². The first kappa shape index (κ1) is 19.2. The van der Waals surface area contributed by atoms with E-state index < -0.39 is 15.9 Å². The Hall–Kier alpha value is -3.08. The van der Waals surface area contributed by atoms with Crippen LogP contribution in [0.5, 0.6) is 5.88 Å². The van der Waals surface area contributed by atoms with Crippen molar-refractivity contribution in [3.8, 4) is 5.88 Å². The summed E-state index contributed by atoms with van der Waals surface area (Å²) >= 11 is 1.18. The Morgan fingerprint density at radius 2 is 1.83 bits per heavy atom. The number of benzene rings is 2. The molecular weight excluding hydrogens is 412 g/mol. The maximum Gasteiger partial charge on any atom is 0.279 e. The summed E-state index contributed by atoms with van der Waals surface area (Å²) in [6.45, 7) is 0.505. The molecule has 1 aromatic heterocycles. The van der Waals surface area contributed by atoms with Crippen LogP contribution >= 0.6 is 11.3 Å². The number of hydrogen-bond acceptors (Lipinski definition) is 7. The molecule has 10 heteroatoms. The monoisotopic (exact) mass is 428 g/mol. The second kappa shape index (κ2) is 7.39. The van der Waals surface area contributed by atoms with E-state index in [4.69, 9.17) is 5.14 Å². The SMILES string of the molecule is NS(=O)(=O)c1ccc(CCNc2nc(O)c(C3=c4ccccc4=NC3=O)s2)cc1. The van der Waals surface area contributed by atoms with E-state index in [1.54, 1.807) is 30.3 Å². The number of carbonyl (C=O) groups is 1. The van der Waals surface area contributed by atoms with E-state index in [2.05, 4.69) is 15.3 Å². The molecule has 0 unspecified atom stereocenters. The largest absolute Gasteiger partial charge is 0.492 e. The van der Waals surface area contributed by atoms with Crippen molar-refractivity contribution in [1.82, 2.24) is 4.98 Å². The van der Waals surface area contributed by atoms with Crippen LogP contribution in [0.15, 0.2) is 58.4 Å². The van der Waals surface area contributed by atoms with E-state index in [0.717, 1.165) is 5.56 Å². The number of anilines is 1. The average molecular weight is 428 g/mol. The highest BCUT2D eigenvalue weighted by Crippen LogP contribution is 2.33.